The van der Waals surface area contributed by atoms with Crippen molar-refractivity contribution < 1.29 is 14.3 Å². The molecule has 4 nitrogen and oxygen atoms in total. The van der Waals surface area contributed by atoms with Crippen molar-refractivity contribution in [3.8, 4) is 11.1 Å². The molecule has 1 aliphatic rings. The van der Waals surface area contributed by atoms with E-state index in [0.717, 1.165) is 22.3 Å². The maximum absolute atomic E-state index is 12.3. The molecule has 25 heavy (non-hydrogen) atoms. The highest BCUT2D eigenvalue weighted by molar-refractivity contribution is 6.64. The second-order valence-electron chi connectivity index (χ2n) is 5.83. The maximum atomic E-state index is 12.3. The first kappa shape index (κ1) is 17.2. The number of carbonyl (C=O) groups excluding carboxylic acids is 2. The molecule has 0 unspecified atom stereocenters. The molecule has 1 amide bonds. The van der Waals surface area contributed by atoms with Crippen LogP contribution in [0.15, 0.2) is 61.2 Å². The molecule has 2 aromatic rings. The van der Waals surface area contributed by atoms with Crippen molar-refractivity contribution in [2.75, 3.05) is 19.7 Å². The average molecular weight is 356 g/mol. The summed E-state index contributed by atoms with van der Waals surface area (Å²) in [4.78, 5) is 24.6. The Bertz CT molecular complexity index is 773. The lowest BCUT2D eigenvalue weighted by Crippen LogP contribution is -2.35. The predicted molar refractivity (Wildman–Crippen MR) is 97.7 cm³/mol. The minimum Gasteiger partial charge on any atom is -0.448 e. The SMILES string of the molecule is C=CCN(CC(=O)Cl)C(=O)OCC1c2ccccc2-c2ccccc21. The van der Waals surface area contributed by atoms with Crippen molar-refractivity contribution in [3.63, 3.8) is 0 Å². The highest BCUT2D eigenvalue weighted by Crippen LogP contribution is 2.44. The molecular weight excluding hydrogens is 338 g/mol. The van der Waals surface area contributed by atoms with Gasteiger partial charge in [0, 0.05) is 12.5 Å². The van der Waals surface area contributed by atoms with E-state index in [1.165, 1.54) is 11.0 Å². The van der Waals surface area contributed by atoms with Crippen LogP contribution < -0.4 is 0 Å². The van der Waals surface area contributed by atoms with Crippen LogP contribution in [-0.4, -0.2) is 35.9 Å². The van der Waals surface area contributed by atoms with Crippen molar-refractivity contribution in [3.05, 3.63) is 72.3 Å². The topological polar surface area (TPSA) is 46.6 Å². The second kappa shape index (κ2) is 7.53. The van der Waals surface area contributed by atoms with E-state index in [-0.39, 0.29) is 25.6 Å². The van der Waals surface area contributed by atoms with Gasteiger partial charge in [-0.05, 0) is 33.9 Å². The molecule has 0 aromatic heterocycles. The van der Waals surface area contributed by atoms with E-state index in [2.05, 4.69) is 30.8 Å². The molecule has 0 fully saturated rings. The minimum atomic E-state index is -0.615. The molecule has 0 N–H and O–H groups in total. The van der Waals surface area contributed by atoms with Gasteiger partial charge in [-0.1, -0.05) is 54.6 Å². The zero-order chi connectivity index (χ0) is 17.8. The average Bonchev–Trinajstić information content (AvgIpc) is 2.93. The van der Waals surface area contributed by atoms with Crippen LogP contribution in [0.3, 0.4) is 0 Å². The molecule has 0 spiro atoms. The lowest BCUT2D eigenvalue weighted by Gasteiger charge is -2.21. The standard InChI is InChI=1S/C20H18ClNO3/c1-2-11-22(12-19(21)23)20(24)25-13-18-16-9-5-3-7-14(16)15-8-4-6-10-17(15)18/h2-10,18H,1,11-13H2. The summed E-state index contributed by atoms with van der Waals surface area (Å²) in [5, 5.41) is -0.615. The van der Waals surface area contributed by atoms with Crippen LogP contribution in [0.5, 0.6) is 0 Å². The number of carbonyl (C=O) groups is 2. The van der Waals surface area contributed by atoms with Gasteiger partial charge in [-0.25, -0.2) is 4.79 Å². The Morgan fingerprint density at radius 2 is 1.64 bits per heavy atom. The van der Waals surface area contributed by atoms with Gasteiger partial charge in [-0.2, -0.15) is 0 Å². The van der Waals surface area contributed by atoms with Crippen LogP contribution in [0.1, 0.15) is 17.0 Å². The van der Waals surface area contributed by atoms with E-state index >= 15 is 0 Å². The number of benzene rings is 2. The number of halogens is 1. The number of hydrogen-bond acceptors (Lipinski definition) is 3. The normalized spacial score (nSPS) is 12.2. The number of ether oxygens (including phenoxy) is 1. The van der Waals surface area contributed by atoms with Crippen LogP contribution in [0, 0.1) is 0 Å². The van der Waals surface area contributed by atoms with Gasteiger partial charge in [0.1, 0.15) is 6.61 Å². The van der Waals surface area contributed by atoms with Crippen molar-refractivity contribution in [1.29, 1.82) is 0 Å². The van der Waals surface area contributed by atoms with Crippen LogP contribution >= 0.6 is 11.6 Å². The van der Waals surface area contributed by atoms with Crippen molar-refractivity contribution in [2.45, 2.75) is 5.92 Å². The van der Waals surface area contributed by atoms with Crippen LogP contribution in [0.2, 0.25) is 0 Å². The molecule has 0 radical (unpaired) electrons. The number of nitrogens with zero attached hydrogens (tertiary/aromatic N) is 1. The molecule has 3 rings (SSSR count). The van der Waals surface area contributed by atoms with Gasteiger partial charge in [0.2, 0.25) is 5.24 Å². The minimum absolute atomic E-state index is 0.0198. The fourth-order valence-corrected chi connectivity index (χ4v) is 3.34. The highest BCUT2D eigenvalue weighted by Gasteiger charge is 2.29. The summed E-state index contributed by atoms with van der Waals surface area (Å²) in [6.07, 6.45) is 0.956. The molecule has 1 aliphatic carbocycles. The Morgan fingerprint density at radius 1 is 1.08 bits per heavy atom. The first-order chi connectivity index (χ1) is 12.1. The Kier molecular flexibility index (Phi) is 5.19. The third-order valence-electron chi connectivity index (χ3n) is 4.26. The monoisotopic (exact) mass is 355 g/mol. The highest BCUT2D eigenvalue weighted by atomic mass is 35.5. The van der Waals surface area contributed by atoms with Crippen LogP contribution in [0.25, 0.3) is 11.1 Å². The Balaban J connectivity index is 1.78. The fourth-order valence-electron chi connectivity index (χ4n) is 3.19. The van der Waals surface area contributed by atoms with Gasteiger partial charge >= 0.3 is 6.09 Å². The zero-order valence-electron chi connectivity index (χ0n) is 13.7. The number of fused-ring (bicyclic) bond motifs is 3. The van der Waals surface area contributed by atoms with Crippen molar-refractivity contribution in [2.24, 2.45) is 0 Å². The van der Waals surface area contributed by atoms with Crippen LogP contribution in [-0.2, 0) is 9.53 Å². The summed E-state index contributed by atoms with van der Waals surface area (Å²) in [5.74, 6) is -0.0198. The second-order valence-corrected chi connectivity index (χ2v) is 6.25. The molecule has 2 aromatic carbocycles. The third kappa shape index (κ3) is 3.59. The van der Waals surface area contributed by atoms with E-state index in [0.29, 0.717) is 0 Å². The van der Waals surface area contributed by atoms with Gasteiger partial charge in [-0.15, -0.1) is 6.58 Å². The van der Waals surface area contributed by atoms with Crippen molar-refractivity contribution in [1.82, 2.24) is 4.90 Å². The number of hydrogen-bond donors (Lipinski definition) is 0. The Hall–Kier alpha value is -2.59. The largest absolute Gasteiger partial charge is 0.448 e. The fraction of sp³-hybridized carbons (Fsp3) is 0.200. The van der Waals surface area contributed by atoms with E-state index < -0.39 is 11.3 Å². The first-order valence-electron chi connectivity index (χ1n) is 8.01. The Morgan fingerprint density at radius 3 is 2.16 bits per heavy atom. The van der Waals surface area contributed by atoms with E-state index in [1.807, 2.05) is 24.3 Å². The number of rotatable bonds is 6. The Labute approximate surface area is 151 Å². The summed E-state index contributed by atoms with van der Waals surface area (Å²) in [5.41, 5.74) is 4.61. The number of amides is 1. The zero-order valence-corrected chi connectivity index (χ0v) is 14.4. The molecule has 0 aliphatic heterocycles. The predicted octanol–water partition coefficient (Wildman–Crippen LogP) is 4.19. The summed E-state index contributed by atoms with van der Waals surface area (Å²) in [6, 6.07) is 16.2. The van der Waals surface area contributed by atoms with Gasteiger partial charge in [-0.3, -0.25) is 9.69 Å². The van der Waals surface area contributed by atoms with Gasteiger partial charge in [0.25, 0.3) is 0 Å². The van der Waals surface area contributed by atoms with E-state index in [1.54, 1.807) is 0 Å². The first-order valence-corrected chi connectivity index (χ1v) is 8.38. The smallest absolute Gasteiger partial charge is 0.410 e. The third-order valence-corrected chi connectivity index (χ3v) is 4.38. The molecule has 0 saturated heterocycles. The molecule has 0 heterocycles. The van der Waals surface area contributed by atoms with E-state index in [9.17, 15) is 9.59 Å². The van der Waals surface area contributed by atoms with Crippen molar-refractivity contribution >= 4 is 22.9 Å². The van der Waals surface area contributed by atoms with E-state index in [4.69, 9.17) is 16.3 Å². The van der Waals surface area contributed by atoms with Gasteiger partial charge in [0.15, 0.2) is 0 Å². The molecule has 5 heteroatoms. The van der Waals surface area contributed by atoms with Crippen LogP contribution in [0.4, 0.5) is 4.79 Å². The van der Waals surface area contributed by atoms with Gasteiger partial charge in [0.05, 0.1) is 6.54 Å². The summed E-state index contributed by atoms with van der Waals surface area (Å²) >= 11 is 5.39. The molecular formula is C20H18ClNO3. The molecule has 0 atom stereocenters. The summed E-state index contributed by atoms with van der Waals surface area (Å²) < 4.78 is 5.48. The lowest BCUT2D eigenvalue weighted by atomic mass is 9.98. The summed E-state index contributed by atoms with van der Waals surface area (Å²) in [7, 11) is 0. The summed E-state index contributed by atoms with van der Waals surface area (Å²) in [6.45, 7) is 3.79. The molecule has 0 saturated carbocycles. The molecule has 128 valence electrons. The van der Waals surface area contributed by atoms with Gasteiger partial charge < -0.3 is 4.74 Å². The molecule has 0 bridgehead atoms. The maximum Gasteiger partial charge on any atom is 0.410 e. The quantitative estimate of drug-likeness (QED) is 0.576. The lowest BCUT2D eigenvalue weighted by molar-refractivity contribution is -0.112.